The molecule has 0 amide bonds. The number of rotatable bonds is 6. The lowest BCUT2D eigenvalue weighted by Gasteiger charge is -2.55. The zero-order valence-electron chi connectivity index (χ0n) is 26.9. The second-order valence-electron chi connectivity index (χ2n) is 13.6. The van der Waals surface area contributed by atoms with Crippen molar-refractivity contribution in [3.63, 3.8) is 0 Å². The van der Waals surface area contributed by atoms with Crippen molar-refractivity contribution in [3.05, 3.63) is 58.8 Å². The van der Waals surface area contributed by atoms with Crippen LogP contribution in [0.3, 0.4) is 0 Å². The quantitative estimate of drug-likeness (QED) is 0.270. The second kappa shape index (κ2) is 11.4. The van der Waals surface area contributed by atoms with E-state index in [1.54, 1.807) is 19.4 Å². The van der Waals surface area contributed by atoms with E-state index in [1.807, 2.05) is 71.0 Å². The largest absolute Gasteiger partial charge is 0.496 e. The monoisotopic (exact) mass is 611 g/mol. The summed E-state index contributed by atoms with van der Waals surface area (Å²) in [6.45, 7) is 8.52. The Bertz CT molecular complexity index is 1580. The molecule has 44 heavy (non-hydrogen) atoms. The maximum Gasteiger partial charge on any atom is 0.419 e. The minimum absolute atomic E-state index is 0.112. The van der Waals surface area contributed by atoms with E-state index >= 15 is 0 Å². The first-order valence-corrected chi connectivity index (χ1v) is 15.0. The number of piperidine rings is 1. The number of methoxy groups -OCH3 is 2. The number of anilines is 1. The predicted octanol–water partition coefficient (Wildman–Crippen LogP) is 7.35. The molecule has 0 radical (unpaired) electrons. The van der Waals surface area contributed by atoms with Crippen molar-refractivity contribution in [2.45, 2.75) is 77.5 Å². The van der Waals surface area contributed by atoms with Crippen LogP contribution in [0.2, 0.25) is 0 Å². The molecular weight excluding hydrogens is 568 g/mol. The van der Waals surface area contributed by atoms with Crippen molar-refractivity contribution in [2.75, 3.05) is 39.8 Å². The number of fused-ring (bicyclic) bond motifs is 1. The molecule has 1 aromatic heterocycles. The van der Waals surface area contributed by atoms with E-state index in [-0.39, 0.29) is 18.9 Å². The minimum atomic E-state index is -2.64. The maximum atomic E-state index is 14.3. The van der Waals surface area contributed by atoms with Gasteiger partial charge >= 0.3 is 12.1 Å². The molecule has 3 aromatic rings. The van der Waals surface area contributed by atoms with Crippen LogP contribution in [-0.4, -0.2) is 67.9 Å². The second-order valence-corrected chi connectivity index (χ2v) is 13.6. The average molecular weight is 612 g/mol. The molecule has 1 spiro atoms. The van der Waals surface area contributed by atoms with Crippen LogP contribution in [-0.2, 0) is 16.0 Å². The van der Waals surface area contributed by atoms with Crippen molar-refractivity contribution in [1.29, 1.82) is 0 Å². The van der Waals surface area contributed by atoms with Crippen molar-refractivity contribution >= 4 is 28.7 Å². The first-order valence-electron chi connectivity index (χ1n) is 15.0. The molecule has 2 aliphatic rings. The molecule has 1 aliphatic carbocycles. The van der Waals surface area contributed by atoms with Gasteiger partial charge in [-0.3, -0.25) is 9.47 Å². The lowest BCUT2D eigenvalue weighted by Crippen LogP contribution is -2.53. The number of nitrogens with zero attached hydrogens (tertiary/aromatic N) is 3. The number of alkyl halides is 2. The number of carbonyl (C=O) groups excluding carboxylic acids is 2. The summed E-state index contributed by atoms with van der Waals surface area (Å²) in [7, 11) is 6.79. The first kappa shape index (κ1) is 31.8. The molecule has 1 saturated carbocycles. The number of aryl methyl sites for hydroxylation is 1. The molecule has 5 rings (SSSR count). The highest BCUT2D eigenvalue weighted by Gasteiger charge is 2.58. The molecule has 2 fully saturated rings. The standard InChI is InChI=1S/C34H43F2N3O5/c1-21-15-28(42-7)25(23-11-13-39(29(21)23)31(41)44-32(2,3)4)18-38-14-12-33(19-34(35,36)20-33)17-27(38)24-10-9-22(30(40)43-8)16-26(24)37(5)6/h9-11,13,15-16,27H,12,14,17-20H2,1-8H3. The summed E-state index contributed by atoms with van der Waals surface area (Å²) < 4.78 is 46.6. The fraction of sp³-hybridized carbons (Fsp3) is 0.529. The van der Waals surface area contributed by atoms with Crippen LogP contribution in [0.4, 0.5) is 19.3 Å². The topological polar surface area (TPSA) is 73.2 Å². The molecule has 0 N–H and O–H groups in total. The summed E-state index contributed by atoms with van der Waals surface area (Å²) in [4.78, 5) is 29.8. The Morgan fingerprint density at radius 1 is 1.09 bits per heavy atom. The predicted molar refractivity (Wildman–Crippen MR) is 166 cm³/mol. The van der Waals surface area contributed by atoms with Gasteiger partial charge in [0, 0.05) is 62.4 Å². The average Bonchev–Trinajstić information content (AvgIpc) is 3.39. The van der Waals surface area contributed by atoms with Crippen LogP contribution in [0.15, 0.2) is 36.5 Å². The number of esters is 1. The van der Waals surface area contributed by atoms with E-state index in [0.717, 1.165) is 33.3 Å². The van der Waals surface area contributed by atoms with Gasteiger partial charge in [0.15, 0.2) is 0 Å². The lowest BCUT2D eigenvalue weighted by atomic mass is 9.58. The maximum absolute atomic E-state index is 14.3. The molecule has 2 aromatic carbocycles. The van der Waals surface area contributed by atoms with Gasteiger partial charge in [-0.2, -0.15) is 0 Å². The van der Waals surface area contributed by atoms with Crippen LogP contribution in [0.5, 0.6) is 5.75 Å². The van der Waals surface area contributed by atoms with E-state index in [4.69, 9.17) is 14.2 Å². The van der Waals surface area contributed by atoms with E-state index in [1.165, 1.54) is 11.7 Å². The molecule has 1 atom stereocenters. The highest BCUT2D eigenvalue weighted by atomic mass is 19.3. The zero-order chi connectivity index (χ0) is 32.2. The highest BCUT2D eigenvalue weighted by Crippen LogP contribution is 2.61. The third-order valence-corrected chi connectivity index (χ3v) is 8.96. The van der Waals surface area contributed by atoms with Crippen LogP contribution in [0.25, 0.3) is 10.9 Å². The number of aromatic nitrogens is 1. The molecule has 1 aliphatic heterocycles. The van der Waals surface area contributed by atoms with Crippen LogP contribution < -0.4 is 9.64 Å². The Labute approximate surface area is 257 Å². The fourth-order valence-corrected chi connectivity index (χ4v) is 7.07. The molecule has 1 unspecified atom stereocenters. The van der Waals surface area contributed by atoms with Gasteiger partial charge in [0.25, 0.3) is 0 Å². The number of benzene rings is 2. The molecule has 0 bridgehead atoms. The van der Waals surface area contributed by atoms with Gasteiger partial charge < -0.3 is 19.1 Å². The van der Waals surface area contributed by atoms with Gasteiger partial charge in [-0.15, -0.1) is 0 Å². The van der Waals surface area contributed by atoms with Crippen LogP contribution >= 0.6 is 0 Å². The Morgan fingerprint density at radius 2 is 1.80 bits per heavy atom. The van der Waals surface area contributed by atoms with Gasteiger partial charge in [-0.1, -0.05) is 6.07 Å². The minimum Gasteiger partial charge on any atom is -0.496 e. The Hall–Kier alpha value is -3.66. The van der Waals surface area contributed by atoms with E-state index in [0.29, 0.717) is 37.2 Å². The molecule has 10 heteroatoms. The van der Waals surface area contributed by atoms with E-state index in [2.05, 4.69) is 4.90 Å². The van der Waals surface area contributed by atoms with Gasteiger partial charge in [0.1, 0.15) is 11.4 Å². The normalized spacial score (nSPS) is 19.5. The zero-order valence-corrected chi connectivity index (χ0v) is 26.9. The number of ether oxygens (including phenoxy) is 3. The van der Waals surface area contributed by atoms with Crippen molar-refractivity contribution < 1.29 is 32.6 Å². The molecule has 1 saturated heterocycles. The van der Waals surface area contributed by atoms with Gasteiger partial charge in [0.2, 0.25) is 5.92 Å². The molecular formula is C34H43F2N3O5. The molecule has 238 valence electrons. The SMILES string of the molecule is COC(=O)c1ccc(C2CC3(CCN2Cc2c(OC)cc(C)c4c2ccn4C(=O)OC(C)(C)C)CC(F)(F)C3)c(N(C)C)c1. The van der Waals surface area contributed by atoms with Gasteiger partial charge in [-0.05, 0) is 87.9 Å². The number of halogens is 2. The highest BCUT2D eigenvalue weighted by molar-refractivity contribution is 5.95. The fourth-order valence-electron chi connectivity index (χ4n) is 7.07. The number of hydrogen-bond acceptors (Lipinski definition) is 7. The summed E-state index contributed by atoms with van der Waals surface area (Å²) in [6, 6.07) is 9.12. The number of carbonyl (C=O) groups is 2. The van der Waals surface area contributed by atoms with Gasteiger partial charge in [-0.25, -0.2) is 18.4 Å². The molecule has 8 nitrogen and oxygen atoms in total. The Kier molecular flexibility index (Phi) is 8.20. The van der Waals surface area contributed by atoms with Crippen molar-refractivity contribution in [3.8, 4) is 5.75 Å². The van der Waals surface area contributed by atoms with Crippen molar-refractivity contribution in [2.24, 2.45) is 5.41 Å². The summed E-state index contributed by atoms with van der Waals surface area (Å²) in [5, 5.41) is 0.871. The Morgan fingerprint density at radius 3 is 2.39 bits per heavy atom. The van der Waals surface area contributed by atoms with E-state index < -0.39 is 29.0 Å². The third kappa shape index (κ3) is 6.01. The van der Waals surface area contributed by atoms with Crippen LogP contribution in [0, 0.1) is 12.3 Å². The van der Waals surface area contributed by atoms with Gasteiger partial charge in [0.05, 0.1) is 25.3 Å². The smallest absolute Gasteiger partial charge is 0.419 e. The van der Waals surface area contributed by atoms with E-state index in [9.17, 15) is 18.4 Å². The Balaban J connectivity index is 1.59. The summed E-state index contributed by atoms with van der Waals surface area (Å²) in [6.07, 6.45) is 2.27. The first-order chi connectivity index (χ1) is 20.6. The number of likely N-dealkylation sites (tertiary alicyclic amines) is 1. The number of hydrogen-bond donors (Lipinski definition) is 0. The summed E-state index contributed by atoms with van der Waals surface area (Å²) >= 11 is 0. The third-order valence-electron chi connectivity index (χ3n) is 8.96. The lowest BCUT2D eigenvalue weighted by molar-refractivity contribution is -0.186. The van der Waals surface area contributed by atoms with Crippen LogP contribution in [0.1, 0.15) is 79.5 Å². The van der Waals surface area contributed by atoms with Crippen molar-refractivity contribution in [1.82, 2.24) is 9.47 Å². The summed E-state index contributed by atoms with van der Waals surface area (Å²) in [5.74, 6) is -2.38. The molecule has 2 heterocycles. The summed E-state index contributed by atoms with van der Waals surface area (Å²) in [5.41, 5.74) is 3.66.